The van der Waals surface area contributed by atoms with E-state index in [1.807, 2.05) is 0 Å². The molecule has 7 rings (SSSR count). The van der Waals surface area contributed by atoms with Gasteiger partial charge in [-0.3, -0.25) is 0 Å². The van der Waals surface area contributed by atoms with Gasteiger partial charge in [-0.25, -0.2) is 0 Å². The molecule has 2 nitrogen and oxygen atoms in total. The molecule has 6 aromatic carbocycles. The Morgan fingerprint density at radius 2 is 0.951 bits per heavy atom. The molecule has 0 radical (unpaired) electrons. The highest BCUT2D eigenvalue weighted by Crippen LogP contribution is 2.57. The molecule has 0 fully saturated rings. The summed E-state index contributed by atoms with van der Waals surface area (Å²) in [5.41, 5.74) is 2.01. The fourth-order valence-electron chi connectivity index (χ4n) is 5.70. The van der Waals surface area contributed by atoms with Crippen molar-refractivity contribution in [3.05, 3.63) is 158 Å². The third-order valence-electron chi connectivity index (χ3n) is 7.76. The van der Waals surface area contributed by atoms with E-state index in [4.69, 9.17) is 4.74 Å². The van der Waals surface area contributed by atoms with Crippen LogP contribution in [0.25, 0.3) is 0 Å². The van der Waals surface area contributed by atoms with Crippen molar-refractivity contribution < 1.29 is 4.74 Å². The molecule has 0 unspecified atom stereocenters. The van der Waals surface area contributed by atoms with E-state index in [-0.39, 0.29) is 0 Å². The van der Waals surface area contributed by atoms with Crippen molar-refractivity contribution in [1.29, 1.82) is 0 Å². The van der Waals surface area contributed by atoms with Crippen LogP contribution in [0.3, 0.4) is 0 Å². The second kappa shape index (κ2) is 11.0. The highest BCUT2D eigenvalue weighted by atomic mass is 31.2. The summed E-state index contributed by atoms with van der Waals surface area (Å²) in [6.45, 7) is 2.42. The van der Waals surface area contributed by atoms with E-state index in [2.05, 4.69) is 170 Å². The van der Waals surface area contributed by atoms with Crippen LogP contribution in [0.1, 0.15) is 0 Å². The highest BCUT2D eigenvalue weighted by Gasteiger charge is 2.44. The fraction of sp³-hybridized carbons (Fsp3) is 0.0270. The topological polar surface area (TPSA) is 21.3 Å². The Hall–Kier alpha value is -4.22. The maximum atomic E-state index is 7.13. The van der Waals surface area contributed by atoms with Gasteiger partial charge in [0.1, 0.15) is 23.2 Å². The predicted octanol–water partition coefficient (Wildman–Crippen LogP) is 7.22. The van der Waals surface area contributed by atoms with Crippen LogP contribution in [0.4, 0.5) is 11.4 Å². The van der Waals surface area contributed by atoms with Crippen molar-refractivity contribution in [3.8, 4) is 11.5 Å². The standard InChI is InChI=1S/C37H30NOP2/c1-41(30-20-10-4-11-21-30,31-22-12-5-13-23-31)35-27-15-25-33-37(35)39-36-32(38-33)24-14-26-34(36)40(28-16-6-2-7-17-28)29-18-8-3-9-19-29/h2-27,38H,1H3/q+1. The zero-order valence-corrected chi connectivity index (χ0v) is 24.6. The van der Waals surface area contributed by atoms with Crippen LogP contribution in [0, 0.1) is 0 Å². The molecule has 4 heteroatoms. The zero-order chi connectivity index (χ0) is 27.6. The van der Waals surface area contributed by atoms with Crippen molar-refractivity contribution in [1.82, 2.24) is 0 Å². The molecule has 0 amide bonds. The summed E-state index contributed by atoms with van der Waals surface area (Å²) < 4.78 is 7.13. The van der Waals surface area contributed by atoms with Gasteiger partial charge in [0.25, 0.3) is 0 Å². The van der Waals surface area contributed by atoms with E-state index < -0.39 is 15.2 Å². The number of fused-ring (bicyclic) bond motifs is 2. The molecule has 0 aromatic heterocycles. The number of rotatable bonds is 6. The largest absolute Gasteiger partial charge is 0.448 e. The molecule has 41 heavy (non-hydrogen) atoms. The van der Waals surface area contributed by atoms with Gasteiger partial charge < -0.3 is 10.1 Å². The molecule has 1 aliphatic rings. The Morgan fingerprint density at radius 1 is 0.488 bits per heavy atom. The quantitative estimate of drug-likeness (QED) is 0.215. The molecule has 1 heterocycles. The lowest BCUT2D eigenvalue weighted by Crippen LogP contribution is -2.32. The third-order valence-corrected chi connectivity index (χ3v) is 14.2. The van der Waals surface area contributed by atoms with Gasteiger partial charge in [-0.1, -0.05) is 109 Å². The molecule has 0 bridgehead atoms. The molecule has 0 aliphatic carbocycles. The minimum absolute atomic E-state index is 0.831. The number of hydrogen-bond donors (Lipinski definition) is 1. The van der Waals surface area contributed by atoms with E-state index in [1.54, 1.807) is 0 Å². The van der Waals surface area contributed by atoms with Crippen LogP contribution in [0.5, 0.6) is 11.5 Å². The van der Waals surface area contributed by atoms with Crippen LogP contribution in [-0.4, -0.2) is 6.66 Å². The summed E-state index contributed by atoms with van der Waals surface area (Å²) in [7, 11) is -2.84. The summed E-state index contributed by atoms with van der Waals surface area (Å²) >= 11 is 0. The Labute approximate surface area is 243 Å². The van der Waals surface area contributed by atoms with Gasteiger partial charge in [0.2, 0.25) is 0 Å². The normalized spacial score (nSPS) is 12.1. The van der Waals surface area contributed by atoms with Gasteiger partial charge in [-0.05, 0) is 67.1 Å². The number of ether oxygens (including phenoxy) is 1. The van der Waals surface area contributed by atoms with Crippen LogP contribution in [0.15, 0.2) is 158 Å². The van der Waals surface area contributed by atoms with Gasteiger partial charge in [0.05, 0.1) is 18.0 Å². The Bertz CT molecular complexity index is 1710. The number of nitrogens with one attached hydrogen (secondary N) is 1. The summed E-state index contributed by atoms with van der Waals surface area (Å²) in [5.74, 6) is 1.84. The molecular weight excluding hydrogens is 536 g/mol. The minimum atomic E-state index is -2.01. The van der Waals surface area contributed by atoms with Crippen LogP contribution < -0.4 is 41.9 Å². The van der Waals surface area contributed by atoms with E-state index in [0.29, 0.717) is 0 Å². The Kier molecular flexibility index (Phi) is 6.89. The fourth-order valence-corrected chi connectivity index (χ4v) is 11.4. The number of anilines is 2. The second-order valence-electron chi connectivity index (χ2n) is 10.2. The van der Waals surface area contributed by atoms with Crippen molar-refractivity contribution in [2.75, 3.05) is 12.0 Å². The Morgan fingerprint density at radius 3 is 1.49 bits per heavy atom. The zero-order valence-electron chi connectivity index (χ0n) is 22.8. The van der Waals surface area contributed by atoms with E-state index in [1.165, 1.54) is 31.8 Å². The smallest absolute Gasteiger partial charge is 0.193 e. The van der Waals surface area contributed by atoms with Crippen molar-refractivity contribution in [2.24, 2.45) is 0 Å². The molecule has 0 saturated carbocycles. The third kappa shape index (κ3) is 4.64. The maximum absolute atomic E-state index is 7.13. The van der Waals surface area contributed by atoms with E-state index in [0.717, 1.165) is 22.9 Å². The van der Waals surface area contributed by atoms with Crippen molar-refractivity contribution in [3.63, 3.8) is 0 Å². The molecule has 6 aromatic rings. The number of para-hydroxylation sites is 2. The predicted molar refractivity (Wildman–Crippen MR) is 180 cm³/mol. The van der Waals surface area contributed by atoms with Gasteiger partial charge in [0, 0.05) is 5.30 Å². The van der Waals surface area contributed by atoms with Crippen LogP contribution in [-0.2, 0) is 0 Å². The monoisotopic (exact) mass is 566 g/mol. The summed E-state index contributed by atoms with van der Waals surface area (Å²) in [6, 6.07) is 56.5. The lowest BCUT2D eigenvalue weighted by molar-refractivity contribution is 0.489. The lowest BCUT2D eigenvalue weighted by Gasteiger charge is -2.31. The molecule has 0 spiro atoms. The Balaban J connectivity index is 1.42. The van der Waals surface area contributed by atoms with E-state index in [9.17, 15) is 0 Å². The van der Waals surface area contributed by atoms with Gasteiger partial charge in [-0.15, -0.1) is 0 Å². The molecule has 0 saturated heterocycles. The van der Waals surface area contributed by atoms with Crippen LogP contribution in [0.2, 0.25) is 0 Å². The first kappa shape index (κ1) is 25.7. The number of hydrogen-bond acceptors (Lipinski definition) is 2. The van der Waals surface area contributed by atoms with Gasteiger partial charge in [0.15, 0.2) is 11.5 Å². The average molecular weight is 567 g/mol. The van der Waals surface area contributed by atoms with Crippen molar-refractivity contribution in [2.45, 2.75) is 0 Å². The summed E-state index contributed by atoms with van der Waals surface area (Å²) in [6.07, 6.45) is 0. The lowest BCUT2D eigenvalue weighted by atomic mass is 10.2. The van der Waals surface area contributed by atoms with E-state index >= 15 is 0 Å². The molecule has 0 atom stereocenters. The first-order chi connectivity index (χ1) is 20.2. The molecule has 1 N–H and O–H groups in total. The summed E-state index contributed by atoms with van der Waals surface area (Å²) in [5, 5.41) is 11.5. The van der Waals surface area contributed by atoms with Gasteiger partial charge in [-0.2, -0.15) is 0 Å². The minimum Gasteiger partial charge on any atom is -0.448 e. The van der Waals surface area contributed by atoms with Crippen LogP contribution >= 0.6 is 15.2 Å². The summed E-state index contributed by atoms with van der Waals surface area (Å²) in [4.78, 5) is 0. The average Bonchev–Trinajstić information content (AvgIpc) is 3.05. The first-order valence-corrected chi connectivity index (χ1v) is 17.4. The molecule has 198 valence electrons. The first-order valence-electron chi connectivity index (χ1n) is 13.8. The van der Waals surface area contributed by atoms with Gasteiger partial charge >= 0.3 is 0 Å². The SMILES string of the molecule is C[P+](c1ccccc1)(c1ccccc1)c1cccc2c1Oc1c(cccc1P(c1ccccc1)c1ccccc1)N2. The molecule has 1 aliphatic heterocycles. The highest BCUT2D eigenvalue weighted by molar-refractivity contribution is 7.95. The second-order valence-corrected chi connectivity index (χ2v) is 15.9. The molecular formula is C37H30NOP2+. The maximum Gasteiger partial charge on any atom is 0.193 e. The van der Waals surface area contributed by atoms with Crippen molar-refractivity contribution >= 4 is 58.4 Å². The number of benzene rings is 6.